The first-order valence-electron chi connectivity index (χ1n) is 22.9. The number of nitrogens with zero attached hydrogens (tertiary/aromatic N) is 9. The summed E-state index contributed by atoms with van der Waals surface area (Å²) in [6.07, 6.45) is 1.21. The molecule has 3 aromatic heterocycles. The van der Waals surface area contributed by atoms with Gasteiger partial charge in [-0.05, 0) is 42.7 Å². The van der Waals surface area contributed by atoms with Crippen molar-refractivity contribution in [3.8, 4) is 17.6 Å². The molecule has 7 rings (SSSR count). The first kappa shape index (κ1) is 52.6. The Kier molecular flexibility index (Phi) is 18.8. The summed E-state index contributed by atoms with van der Waals surface area (Å²) in [5.41, 5.74) is -0.247. The molecule has 0 aliphatic carbocycles. The van der Waals surface area contributed by atoms with Gasteiger partial charge in [0.15, 0.2) is 24.4 Å². The molecule has 2 aliphatic heterocycles. The van der Waals surface area contributed by atoms with Crippen LogP contribution in [0.25, 0.3) is 11.2 Å². The van der Waals surface area contributed by atoms with Gasteiger partial charge >= 0.3 is 26.2 Å². The number of rotatable bonds is 25. The topological polar surface area (TPSA) is 297 Å². The molecule has 72 heavy (non-hydrogen) atoms. The minimum Gasteiger partial charge on any atom is -0.484 e. The van der Waals surface area contributed by atoms with E-state index < -0.39 is 81.2 Å². The molecule has 2 N–H and O–H groups in total. The molecule has 2 aromatic carbocycles. The largest absolute Gasteiger partial charge is 0.484 e. The fourth-order valence-corrected chi connectivity index (χ4v) is 8.40. The van der Waals surface area contributed by atoms with E-state index in [4.69, 9.17) is 42.0 Å². The molecular weight excluding hydrogens is 962 g/mol. The Hall–Kier alpha value is -7.20. The highest BCUT2D eigenvalue weighted by Crippen LogP contribution is 2.47. The number of anilines is 1. The van der Waals surface area contributed by atoms with E-state index in [-0.39, 0.29) is 68.8 Å². The standard InChI is InChI=1S/C46H54N11O14P/c1-5-6-11-30-14-16-32(17-15-30)65-25-40(60)70-33-20-38(56-27-48-41-42(56)52-45(53-43(41)61)51-37(59)24-64-31-12-8-7-9-13-31)69-36(33)23-67-72(66-19-10-18-47)71-34-21-39(68-35(34)22-63-29(2)58)57-28-50-44(54-46(57)62)49-26-55(3)4/h7-9,12-17,26-28,33-36,38-39H,5-6,10-11,19-25H2,1-4H3,(H2,51,52,53,59,61)/b49-26-/t33-,34-,35?,36?,38-,39-,72?/m1/s1. The average Bonchev–Trinajstić information content (AvgIpc) is 4.10. The zero-order valence-corrected chi connectivity index (χ0v) is 40.8. The van der Waals surface area contributed by atoms with Crippen molar-refractivity contribution in [2.24, 2.45) is 4.99 Å². The number of aliphatic imine (C=N–C) groups is 1. The molecule has 0 radical (unpaired) electrons. The summed E-state index contributed by atoms with van der Waals surface area (Å²) < 4.78 is 56.3. The zero-order valence-electron chi connectivity index (χ0n) is 39.9. The Balaban J connectivity index is 1.09. The van der Waals surface area contributed by atoms with Gasteiger partial charge < -0.3 is 46.9 Å². The normalized spacial score (nSPS) is 20.0. The van der Waals surface area contributed by atoms with Crippen LogP contribution < -0.4 is 26.0 Å². The van der Waals surface area contributed by atoms with Gasteiger partial charge in [-0.2, -0.15) is 15.2 Å². The van der Waals surface area contributed by atoms with Gasteiger partial charge in [-0.3, -0.25) is 33.8 Å². The highest BCUT2D eigenvalue weighted by molar-refractivity contribution is 7.41. The molecule has 3 unspecified atom stereocenters. The maximum atomic E-state index is 13.5. The maximum absolute atomic E-state index is 13.5. The lowest BCUT2D eigenvalue weighted by atomic mass is 10.1. The van der Waals surface area contributed by atoms with Crippen LogP contribution in [0.15, 0.2) is 81.8 Å². The number of imidazole rings is 1. The molecule has 0 spiro atoms. The summed E-state index contributed by atoms with van der Waals surface area (Å²) in [5.74, 6) is -1.23. The van der Waals surface area contributed by atoms with Gasteiger partial charge in [-0.1, -0.05) is 43.7 Å². The summed E-state index contributed by atoms with van der Waals surface area (Å²) in [4.78, 5) is 89.6. The number of benzene rings is 2. The number of esters is 2. The number of unbranched alkanes of at least 4 members (excludes halogenated alkanes) is 1. The van der Waals surface area contributed by atoms with Crippen molar-refractivity contribution in [2.75, 3.05) is 52.4 Å². The molecular formula is C46H54N11O14P. The number of fused-ring (bicyclic) bond motifs is 1. The van der Waals surface area contributed by atoms with Crippen molar-refractivity contribution in [3.63, 3.8) is 0 Å². The number of carbonyl (C=O) groups is 3. The average molecular weight is 1020 g/mol. The van der Waals surface area contributed by atoms with Gasteiger partial charge in [-0.25, -0.2) is 24.5 Å². The molecule has 7 atom stereocenters. The van der Waals surface area contributed by atoms with E-state index in [2.05, 4.69) is 42.2 Å². The molecule has 2 aliphatic rings. The van der Waals surface area contributed by atoms with Crippen LogP contribution in [0, 0.1) is 11.3 Å². The number of nitrogens with one attached hydrogen (secondary N) is 2. The van der Waals surface area contributed by atoms with Crippen LogP contribution in [0.4, 0.5) is 11.9 Å². The highest BCUT2D eigenvalue weighted by Gasteiger charge is 2.43. The van der Waals surface area contributed by atoms with E-state index >= 15 is 0 Å². The number of nitriles is 1. The quantitative estimate of drug-likeness (QED) is 0.0274. The first-order chi connectivity index (χ1) is 34.8. The van der Waals surface area contributed by atoms with E-state index in [1.165, 1.54) is 30.5 Å². The Labute approximate surface area is 413 Å². The predicted molar refractivity (Wildman–Crippen MR) is 255 cm³/mol. The molecule has 25 nitrogen and oxygen atoms in total. The Morgan fingerprint density at radius 2 is 1.64 bits per heavy atom. The molecule has 5 aromatic rings. The van der Waals surface area contributed by atoms with Gasteiger partial charge in [0.2, 0.25) is 5.95 Å². The number of hydrogen-bond donors (Lipinski definition) is 2. The fourth-order valence-electron chi connectivity index (χ4n) is 7.26. The Bertz CT molecular complexity index is 2800. The van der Waals surface area contributed by atoms with Crippen LogP contribution in [0.1, 0.15) is 64.0 Å². The second kappa shape index (κ2) is 25.8. The van der Waals surface area contributed by atoms with Crippen LogP contribution in [0.2, 0.25) is 0 Å². The minimum atomic E-state index is -2.36. The Morgan fingerprint density at radius 3 is 2.36 bits per heavy atom. The van der Waals surface area contributed by atoms with Crippen molar-refractivity contribution in [3.05, 3.63) is 93.7 Å². The first-order valence-corrected chi connectivity index (χ1v) is 24.0. The second-order valence-corrected chi connectivity index (χ2v) is 17.6. The third kappa shape index (κ3) is 14.9. The number of aryl methyl sites for hydroxylation is 1. The second-order valence-electron chi connectivity index (χ2n) is 16.4. The van der Waals surface area contributed by atoms with E-state index in [1.54, 1.807) is 61.5 Å². The lowest BCUT2D eigenvalue weighted by molar-refractivity contribution is -0.155. The van der Waals surface area contributed by atoms with E-state index in [0.717, 1.165) is 29.4 Å². The molecule has 5 heterocycles. The lowest BCUT2D eigenvalue weighted by Gasteiger charge is -2.25. The number of para-hydroxylation sites is 1. The van der Waals surface area contributed by atoms with E-state index in [0.29, 0.717) is 11.5 Å². The monoisotopic (exact) mass is 1020 g/mol. The zero-order chi connectivity index (χ0) is 51.0. The SMILES string of the molecule is CCCCc1ccc(OCC(=O)O[C@@H]2C[C@H](n3cnc4c(=O)[nH]c(NC(=O)COc5ccccc5)nc43)OC2COP(OCCC#N)O[C@@H]2C[C@H](n3cnc(/N=C\N(C)C)nc3=O)OC2COC(C)=O)cc1. The number of ether oxygens (including phenoxy) is 6. The Morgan fingerprint density at radius 1 is 0.931 bits per heavy atom. The van der Waals surface area contributed by atoms with Crippen molar-refractivity contribution in [1.29, 1.82) is 5.26 Å². The molecule has 2 fully saturated rings. The van der Waals surface area contributed by atoms with Crippen molar-refractivity contribution < 1.29 is 56.4 Å². The number of amides is 1. The third-order valence-electron chi connectivity index (χ3n) is 10.7. The van der Waals surface area contributed by atoms with Crippen LogP contribution in [0.5, 0.6) is 11.5 Å². The summed E-state index contributed by atoms with van der Waals surface area (Å²) in [6, 6.07) is 18.1. The number of H-pyrrole nitrogens is 1. The van der Waals surface area contributed by atoms with Crippen molar-refractivity contribution in [1.82, 2.24) is 39.0 Å². The smallest absolute Gasteiger partial charge is 0.354 e. The van der Waals surface area contributed by atoms with Crippen molar-refractivity contribution >= 4 is 55.8 Å². The molecule has 1 amide bonds. The van der Waals surface area contributed by atoms with Gasteiger partial charge in [0.05, 0.1) is 38.4 Å². The molecule has 0 bridgehead atoms. The van der Waals surface area contributed by atoms with Crippen LogP contribution in [-0.4, -0.2) is 135 Å². The van der Waals surface area contributed by atoms with Crippen LogP contribution >= 0.6 is 8.60 Å². The summed E-state index contributed by atoms with van der Waals surface area (Å²) in [5, 5.41) is 11.9. The summed E-state index contributed by atoms with van der Waals surface area (Å²) >= 11 is 0. The molecule has 382 valence electrons. The summed E-state index contributed by atoms with van der Waals surface area (Å²) in [7, 11) is 1.14. The van der Waals surface area contributed by atoms with E-state index in [1.807, 2.05) is 18.2 Å². The van der Waals surface area contributed by atoms with Crippen molar-refractivity contribution in [2.45, 2.75) is 89.2 Å². The molecule has 0 saturated carbocycles. The molecule has 2 saturated heterocycles. The van der Waals surface area contributed by atoms with Crippen LogP contribution in [0.3, 0.4) is 0 Å². The maximum Gasteiger partial charge on any atom is 0.354 e. The van der Waals surface area contributed by atoms with Gasteiger partial charge in [0.1, 0.15) is 61.3 Å². The minimum absolute atomic E-state index is 0.00514. The fraction of sp³-hybridized carbons (Fsp3) is 0.457. The van der Waals surface area contributed by atoms with Gasteiger partial charge in [-0.15, -0.1) is 0 Å². The number of aromatic nitrogens is 7. The number of carbonyl (C=O) groups excluding carboxylic acids is 3. The summed E-state index contributed by atoms with van der Waals surface area (Å²) in [6.45, 7) is 1.84. The third-order valence-corrected chi connectivity index (χ3v) is 11.9. The van der Waals surface area contributed by atoms with Gasteiger partial charge in [0, 0.05) is 33.9 Å². The number of aromatic amines is 1. The van der Waals surface area contributed by atoms with E-state index in [9.17, 15) is 29.2 Å². The molecule has 26 heteroatoms. The van der Waals surface area contributed by atoms with Gasteiger partial charge in [0.25, 0.3) is 17.4 Å². The highest BCUT2D eigenvalue weighted by atomic mass is 31.2. The predicted octanol–water partition coefficient (Wildman–Crippen LogP) is 4.04. The number of hydrogen-bond acceptors (Lipinski definition) is 20. The van der Waals surface area contributed by atoms with Crippen LogP contribution in [-0.2, 0) is 53.3 Å². The lowest BCUT2D eigenvalue weighted by Crippen LogP contribution is -2.33.